The molecule has 0 spiro atoms. The van der Waals surface area contributed by atoms with Crippen LogP contribution in [-0.4, -0.2) is 37.4 Å². The lowest BCUT2D eigenvalue weighted by Crippen LogP contribution is -2.42. The number of nitrogens with one attached hydrogen (secondary N) is 1. The first kappa shape index (κ1) is 8.49. The quantitative estimate of drug-likeness (QED) is 0.488. The van der Waals surface area contributed by atoms with Crippen LogP contribution in [0.1, 0.15) is 6.42 Å². The zero-order valence-electron chi connectivity index (χ0n) is 6.54. The summed E-state index contributed by atoms with van der Waals surface area (Å²) in [7, 11) is 1.36. The highest BCUT2D eigenvalue weighted by atomic mass is 16.5. The Bertz CT molecular complexity index is 149. The van der Waals surface area contributed by atoms with Gasteiger partial charge in [-0.1, -0.05) is 0 Å². The summed E-state index contributed by atoms with van der Waals surface area (Å²) in [5.74, 6) is -0.417. The van der Waals surface area contributed by atoms with Gasteiger partial charge in [0.05, 0.1) is 19.1 Å². The van der Waals surface area contributed by atoms with Gasteiger partial charge in [0, 0.05) is 13.1 Å². The molecule has 1 heterocycles. The van der Waals surface area contributed by atoms with E-state index in [9.17, 15) is 4.79 Å². The molecule has 1 aliphatic heterocycles. The molecule has 1 fully saturated rings. The Balaban J connectivity index is 2.39. The number of ether oxygens (including phenoxy) is 1. The van der Waals surface area contributed by atoms with E-state index in [1.807, 2.05) is 0 Å². The molecule has 4 heteroatoms. The van der Waals surface area contributed by atoms with E-state index in [0.717, 1.165) is 0 Å². The molecule has 1 rings (SSSR count). The highest BCUT2D eigenvalue weighted by molar-refractivity contribution is 5.72. The highest BCUT2D eigenvalue weighted by Gasteiger charge is 2.26. The fourth-order valence-electron chi connectivity index (χ4n) is 1.27. The molecule has 1 saturated heterocycles. The van der Waals surface area contributed by atoms with Gasteiger partial charge in [0.15, 0.2) is 0 Å². The number of methoxy groups -OCH3 is 1. The van der Waals surface area contributed by atoms with Crippen molar-refractivity contribution in [3.05, 3.63) is 0 Å². The average molecular weight is 159 g/mol. The largest absolute Gasteiger partial charge is 0.469 e. The molecule has 0 saturated carbocycles. The van der Waals surface area contributed by atoms with Crippen LogP contribution >= 0.6 is 0 Å². The van der Waals surface area contributed by atoms with Crippen LogP contribution in [0.3, 0.4) is 0 Å². The predicted molar refractivity (Wildman–Crippen MR) is 39.0 cm³/mol. The van der Waals surface area contributed by atoms with Gasteiger partial charge in [-0.3, -0.25) is 4.79 Å². The monoisotopic (exact) mass is 159 g/mol. The molecule has 0 radical (unpaired) electrons. The summed E-state index contributed by atoms with van der Waals surface area (Å²) in [5.41, 5.74) is 0. The Morgan fingerprint density at radius 1 is 1.64 bits per heavy atom. The Morgan fingerprint density at radius 3 is 2.91 bits per heavy atom. The van der Waals surface area contributed by atoms with Crippen molar-refractivity contribution in [2.45, 2.75) is 12.5 Å². The molecule has 1 aliphatic rings. The number of esters is 1. The van der Waals surface area contributed by atoms with Gasteiger partial charge in [-0.2, -0.15) is 0 Å². The van der Waals surface area contributed by atoms with Crippen LogP contribution in [0, 0.1) is 5.92 Å². The van der Waals surface area contributed by atoms with Crippen molar-refractivity contribution in [3.8, 4) is 0 Å². The van der Waals surface area contributed by atoms with Crippen LogP contribution in [0.4, 0.5) is 0 Å². The average Bonchev–Trinajstić information content (AvgIpc) is 2.03. The van der Waals surface area contributed by atoms with E-state index in [-0.39, 0.29) is 11.9 Å². The molecule has 0 unspecified atom stereocenters. The van der Waals surface area contributed by atoms with E-state index < -0.39 is 6.10 Å². The maximum absolute atomic E-state index is 10.9. The number of β-amino-alcohol motifs (C(OH)–C–C–N with tert-alkyl or cyclic N) is 1. The minimum Gasteiger partial charge on any atom is -0.469 e. The number of carbonyl (C=O) groups is 1. The van der Waals surface area contributed by atoms with Gasteiger partial charge >= 0.3 is 5.97 Å². The third-order valence-corrected chi connectivity index (χ3v) is 1.86. The minimum atomic E-state index is -0.409. The van der Waals surface area contributed by atoms with Gasteiger partial charge in [-0.25, -0.2) is 0 Å². The molecule has 64 valence electrons. The molecular weight excluding hydrogens is 146 g/mol. The second-order valence-corrected chi connectivity index (χ2v) is 2.77. The summed E-state index contributed by atoms with van der Waals surface area (Å²) in [6.45, 7) is 1.19. The van der Waals surface area contributed by atoms with E-state index in [1.165, 1.54) is 7.11 Å². The number of aliphatic hydroxyl groups is 1. The Morgan fingerprint density at radius 2 is 2.36 bits per heavy atom. The van der Waals surface area contributed by atoms with E-state index in [1.54, 1.807) is 0 Å². The summed E-state index contributed by atoms with van der Waals surface area (Å²) in [6, 6.07) is 0. The number of aliphatic hydroxyl groups excluding tert-OH is 1. The number of carbonyl (C=O) groups excluding carboxylic acids is 1. The summed E-state index contributed by atoms with van der Waals surface area (Å²) in [4.78, 5) is 10.9. The van der Waals surface area contributed by atoms with Crippen molar-refractivity contribution in [2.75, 3.05) is 20.2 Å². The number of rotatable bonds is 1. The third kappa shape index (κ3) is 2.17. The molecular formula is C7H13NO3. The first-order valence-corrected chi connectivity index (χ1v) is 3.70. The van der Waals surface area contributed by atoms with Crippen LogP contribution in [-0.2, 0) is 9.53 Å². The van der Waals surface area contributed by atoms with Crippen LogP contribution in [0.5, 0.6) is 0 Å². The second kappa shape index (κ2) is 3.69. The summed E-state index contributed by atoms with van der Waals surface area (Å²) < 4.78 is 4.55. The topological polar surface area (TPSA) is 58.6 Å². The van der Waals surface area contributed by atoms with Gasteiger partial charge in [0.1, 0.15) is 0 Å². The predicted octanol–water partition coefficient (Wildman–Crippen LogP) is -0.870. The van der Waals surface area contributed by atoms with Crippen molar-refractivity contribution >= 4 is 5.97 Å². The second-order valence-electron chi connectivity index (χ2n) is 2.77. The summed E-state index contributed by atoms with van der Waals surface area (Å²) in [5, 5.41) is 12.1. The van der Waals surface area contributed by atoms with E-state index >= 15 is 0 Å². The van der Waals surface area contributed by atoms with Crippen LogP contribution < -0.4 is 5.32 Å². The fraction of sp³-hybridized carbons (Fsp3) is 0.857. The number of piperidine rings is 1. The SMILES string of the molecule is COC(=O)[C@H]1CNC[C@@H](O)C1. The van der Waals surface area contributed by atoms with E-state index in [0.29, 0.717) is 19.5 Å². The molecule has 0 amide bonds. The van der Waals surface area contributed by atoms with Crippen molar-refractivity contribution in [1.29, 1.82) is 0 Å². The van der Waals surface area contributed by atoms with Crippen LogP contribution in [0.2, 0.25) is 0 Å². The molecule has 11 heavy (non-hydrogen) atoms. The zero-order valence-corrected chi connectivity index (χ0v) is 6.54. The lowest BCUT2D eigenvalue weighted by Gasteiger charge is -2.24. The molecule has 0 bridgehead atoms. The van der Waals surface area contributed by atoms with Gasteiger partial charge in [0.2, 0.25) is 0 Å². The van der Waals surface area contributed by atoms with Crippen molar-refractivity contribution in [1.82, 2.24) is 5.32 Å². The molecule has 0 aromatic heterocycles. The van der Waals surface area contributed by atoms with Gasteiger partial charge in [-0.15, -0.1) is 0 Å². The number of hydrogen-bond acceptors (Lipinski definition) is 4. The number of hydrogen-bond donors (Lipinski definition) is 2. The first-order valence-electron chi connectivity index (χ1n) is 3.70. The normalized spacial score (nSPS) is 31.5. The Hall–Kier alpha value is -0.610. The molecule has 2 N–H and O–H groups in total. The maximum Gasteiger partial charge on any atom is 0.310 e. The Labute approximate surface area is 65.5 Å². The van der Waals surface area contributed by atoms with E-state index in [2.05, 4.69) is 10.1 Å². The van der Waals surface area contributed by atoms with Crippen molar-refractivity contribution in [2.24, 2.45) is 5.92 Å². The van der Waals surface area contributed by atoms with Crippen molar-refractivity contribution < 1.29 is 14.6 Å². The molecule has 4 nitrogen and oxygen atoms in total. The standard InChI is InChI=1S/C7H13NO3/c1-11-7(10)5-2-6(9)4-8-3-5/h5-6,8-9H,2-4H2,1H3/t5-,6+/m1/s1. The minimum absolute atomic E-state index is 0.177. The fourth-order valence-corrected chi connectivity index (χ4v) is 1.27. The smallest absolute Gasteiger partial charge is 0.310 e. The zero-order chi connectivity index (χ0) is 8.27. The lowest BCUT2D eigenvalue weighted by molar-refractivity contribution is -0.147. The third-order valence-electron chi connectivity index (χ3n) is 1.86. The van der Waals surface area contributed by atoms with Gasteiger partial charge in [-0.05, 0) is 6.42 Å². The summed E-state index contributed by atoms with van der Waals surface area (Å²) in [6.07, 6.45) is 0.104. The molecule has 0 aromatic rings. The Kier molecular flexibility index (Phi) is 2.84. The van der Waals surface area contributed by atoms with Crippen LogP contribution in [0.15, 0.2) is 0 Å². The summed E-state index contributed by atoms with van der Waals surface area (Å²) >= 11 is 0. The maximum atomic E-state index is 10.9. The molecule has 2 atom stereocenters. The van der Waals surface area contributed by atoms with Crippen LogP contribution in [0.25, 0.3) is 0 Å². The van der Waals surface area contributed by atoms with E-state index in [4.69, 9.17) is 5.11 Å². The molecule has 0 aromatic carbocycles. The van der Waals surface area contributed by atoms with Gasteiger partial charge < -0.3 is 15.2 Å². The molecule has 0 aliphatic carbocycles. The lowest BCUT2D eigenvalue weighted by atomic mass is 9.98. The highest BCUT2D eigenvalue weighted by Crippen LogP contribution is 2.11. The van der Waals surface area contributed by atoms with Crippen molar-refractivity contribution in [3.63, 3.8) is 0 Å². The van der Waals surface area contributed by atoms with Gasteiger partial charge in [0.25, 0.3) is 0 Å². The first-order chi connectivity index (χ1) is 5.24.